The largest absolute Gasteiger partial charge is 0.483 e. The van der Waals surface area contributed by atoms with Crippen LogP contribution in [0.5, 0.6) is 5.75 Å². The maximum atomic E-state index is 12.1. The number of halogens is 1. The monoisotopic (exact) mass is 365 g/mol. The summed E-state index contributed by atoms with van der Waals surface area (Å²) in [7, 11) is 0. The van der Waals surface area contributed by atoms with Crippen molar-refractivity contribution in [1.82, 2.24) is 4.90 Å². The summed E-state index contributed by atoms with van der Waals surface area (Å²) >= 11 is 5.47. The fourth-order valence-electron chi connectivity index (χ4n) is 2.37. The van der Waals surface area contributed by atoms with Gasteiger partial charge in [0.1, 0.15) is 5.75 Å². The van der Waals surface area contributed by atoms with E-state index in [1.165, 1.54) is 0 Å². The Bertz CT molecular complexity index is 656. The van der Waals surface area contributed by atoms with E-state index in [1.54, 1.807) is 0 Å². The number of carbonyl (C=O) groups excluding carboxylic acids is 1. The molecule has 1 saturated heterocycles. The van der Waals surface area contributed by atoms with E-state index in [9.17, 15) is 4.79 Å². The lowest BCUT2D eigenvalue weighted by molar-refractivity contribution is -0.133. The Labute approximate surface area is 136 Å². The molecule has 3 nitrogen and oxygen atoms in total. The minimum atomic E-state index is 0.0651. The van der Waals surface area contributed by atoms with Gasteiger partial charge in [-0.2, -0.15) is 11.8 Å². The second-order valence-corrected chi connectivity index (χ2v) is 6.90. The highest BCUT2D eigenvalue weighted by Gasteiger charge is 2.17. The first-order valence-corrected chi connectivity index (χ1v) is 8.86. The van der Waals surface area contributed by atoms with Crippen molar-refractivity contribution in [3.05, 3.63) is 40.9 Å². The SMILES string of the molecule is O=C(COc1ccc2ccccc2c1Br)N1CCSCC1. The predicted octanol–water partition coefficient (Wildman–Crippen LogP) is 3.56. The highest BCUT2D eigenvalue weighted by molar-refractivity contribution is 9.10. The smallest absolute Gasteiger partial charge is 0.260 e. The molecule has 3 rings (SSSR count). The molecule has 2 aromatic carbocycles. The molecule has 1 heterocycles. The Morgan fingerprint density at radius 2 is 1.95 bits per heavy atom. The third kappa shape index (κ3) is 3.35. The first-order valence-electron chi connectivity index (χ1n) is 6.91. The van der Waals surface area contributed by atoms with Crippen LogP contribution in [0.25, 0.3) is 10.8 Å². The molecular formula is C16H16BrNO2S. The van der Waals surface area contributed by atoms with Crippen LogP contribution in [0.4, 0.5) is 0 Å². The first kappa shape index (κ1) is 14.7. The van der Waals surface area contributed by atoms with Crippen LogP contribution < -0.4 is 4.74 Å². The number of ether oxygens (including phenoxy) is 1. The highest BCUT2D eigenvalue weighted by atomic mass is 79.9. The Hall–Kier alpha value is -1.20. The summed E-state index contributed by atoms with van der Waals surface area (Å²) in [5.74, 6) is 2.82. The Morgan fingerprint density at radius 1 is 1.19 bits per heavy atom. The number of nitrogens with zero attached hydrogens (tertiary/aromatic N) is 1. The molecule has 0 unspecified atom stereocenters. The predicted molar refractivity (Wildman–Crippen MR) is 91.0 cm³/mol. The molecule has 1 aliphatic rings. The number of hydrogen-bond donors (Lipinski definition) is 0. The van der Waals surface area contributed by atoms with Crippen molar-refractivity contribution >= 4 is 44.4 Å². The molecule has 5 heteroatoms. The van der Waals surface area contributed by atoms with Crippen molar-refractivity contribution in [2.45, 2.75) is 0 Å². The summed E-state index contributed by atoms with van der Waals surface area (Å²) in [5, 5.41) is 2.24. The molecule has 0 spiro atoms. The zero-order valence-electron chi connectivity index (χ0n) is 11.5. The molecule has 0 aromatic heterocycles. The van der Waals surface area contributed by atoms with E-state index in [0.717, 1.165) is 39.8 Å². The third-order valence-electron chi connectivity index (χ3n) is 3.54. The maximum Gasteiger partial charge on any atom is 0.260 e. The molecule has 2 aromatic rings. The lowest BCUT2D eigenvalue weighted by Gasteiger charge is -2.26. The molecule has 0 bridgehead atoms. The van der Waals surface area contributed by atoms with Crippen molar-refractivity contribution in [1.29, 1.82) is 0 Å². The Morgan fingerprint density at radius 3 is 2.76 bits per heavy atom. The van der Waals surface area contributed by atoms with Crippen LogP contribution in [0.1, 0.15) is 0 Å². The standard InChI is InChI=1S/C16H16BrNO2S/c17-16-13-4-2-1-3-12(13)5-6-14(16)20-11-15(19)18-7-9-21-10-8-18/h1-6H,7-11H2. The van der Waals surface area contributed by atoms with Crippen molar-refractivity contribution in [3.8, 4) is 5.75 Å². The average molecular weight is 366 g/mol. The van der Waals surface area contributed by atoms with Gasteiger partial charge in [-0.3, -0.25) is 4.79 Å². The van der Waals surface area contributed by atoms with E-state index in [4.69, 9.17) is 4.74 Å². The fourth-order valence-corrected chi connectivity index (χ4v) is 3.88. The molecular weight excluding hydrogens is 350 g/mol. The first-order chi connectivity index (χ1) is 10.3. The van der Waals surface area contributed by atoms with Crippen molar-refractivity contribution < 1.29 is 9.53 Å². The summed E-state index contributed by atoms with van der Waals surface area (Å²) < 4.78 is 6.62. The van der Waals surface area contributed by atoms with Gasteiger partial charge in [-0.15, -0.1) is 0 Å². The highest BCUT2D eigenvalue weighted by Crippen LogP contribution is 2.33. The Balaban J connectivity index is 1.70. The number of amides is 1. The van der Waals surface area contributed by atoms with Gasteiger partial charge in [-0.05, 0) is 32.8 Å². The van der Waals surface area contributed by atoms with Crippen LogP contribution in [0, 0.1) is 0 Å². The summed E-state index contributed by atoms with van der Waals surface area (Å²) in [5.41, 5.74) is 0. The fraction of sp³-hybridized carbons (Fsp3) is 0.312. The van der Waals surface area contributed by atoms with Crippen molar-refractivity contribution in [3.63, 3.8) is 0 Å². The number of fused-ring (bicyclic) bond motifs is 1. The van der Waals surface area contributed by atoms with Gasteiger partial charge in [0.2, 0.25) is 0 Å². The summed E-state index contributed by atoms with van der Waals surface area (Å²) in [6.07, 6.45) is 0. The zero-order chi connectivity index (χ0) is 14.7. The zero-order valence-corrected chi connectivity index (χ0v) is 14.0. The van der Waals surface area contributed by atoms with Gasteiger partial charge in [0, 0.05) is 24.6 Å². The van der Waals surface area contributed by atoms with Crippen LogP contribution in [0.3, 0.4) is 0 Å². The molecule has 0 atom stereocenters. The second-order valence-electron chi connectivity index (χ2n) is 4.88. The molecule has 0 aliphatic carbocycles. The minimum Gasteiger partial charge on any atom is -0.483 e. The number of carbonyl (C=O) groups is 1. The van der Waals surface area contributed by atoms with E-state index >= 15 is 0 Å². The molecule has 21 heavy (non-hydrogen) atoms. The molecule has 0 N–H and O–H groups in total. The average Bonchev–Trinajstić information content (AvgIpc) is 2.55. The summed E-state index contributed by atoms with van der Waals surface area (Å²) in [6.45, 7) is 1.75. The molecule has 0 saturated carbocycles. The minimum absolute atomic E-state index is 0.0651. The van der Waals surface area contributed by atoms with Gasteiger partial charge in [0.15, 0.2) is 6.61 Å². The van der Waals surface area contributed by atoms with Gasteiger partial charge >= 0.3 is 0 Å². The molecule has 1 amide bonds. The quantitative estimate of drug-likeness (QED) is 0.832. The van der Waals surface area contributed by atoms with Gasteiger partial charge in [-0.1, -0.05) is 30.3 Å². The van der Waals surface area contributed by atoms with E-state index in [-0.39, 0.29) is 12.5 Å². The normalized spacial score (nSPS) is 15.2. The third-order valence-corrected chi connectivity index (χ3v) is 5.30. The van der Waals surface area contributed by atoms with Gasteiger partial charge in [0.05, 0.1) is 4.47 Å². The van der Waals surface area contributed by atoms with Gasteiger partial charge < -0.3 is 9.64 Å². The number of hydrogen-bond acceptors (Lipinski definition) is 3. The van der Waals surface area contributed by atoms with Gasteiger partial charge in [-0.25, -0.2) is 0 Å². The summed E-state index contributed by atoms with van der Waals surface area (Å²) in [6, 6.07) is 12.0. The van der Waals surface area contributed by atoms with Crippen LogP contribution >= 0.6 is 27.7 Å². The van der Waals surface area contributed by atoms with Crippen LogP contribution in [0.15, 0.2) is 40.9 Å². The van der Waals surface area contributed by atoms with Gasteiger partial charge in [0.25, 0.3) is 5.91 Å². The number of thioether (sulfide) groups is 1. The number of rotatable bonds is 3. The van der Waals surface area contributed by atoms with E-state index < -0.39 is 0 Å². The molecule has 1 aliphatic heterocycles. The maximum absolute atomic E-state index is 12.1. The van der Waals surface area contributed by atoms with Crippen molar-refractivity contribution in [2.24, 2.45) is 0 Å². The Kier molecular flexibility index (Phi) is 4.70. The number of benzene rings is 2. The molecule has 1 fully saturated rings. The van der Waals surface area contributed by atoms with E-state index in [0.29, 0.717) is 5.75 Å². The van der Waals surface area contributed by atoms with E-state index in [1.807, 2.05) is 47.0 Å². The van der Waals surface area contributed by atoms with Crippen LogP contribution in [-0.4, -0.2) is 42.0 Å². The molecule has 110 valence electrons. The van der Waals surface area contributed by atoms with Crippen molar-refractivity contribution in [2.75, 3.05) is 31.2 Å². The lowest BCUT2D eigenvalue weighted by atomic mass is 10.1. The van der Waals surface area contributed by atoms with Crippen LogP contribution in [0.2, 0.25) is 0 Å². The van der Waals surface area contributed by atoms with E-state index in [2.05, 4.69) is 22.0 Å². The molecule has 0 radical (unpaired) electrons. The lowest BCUT2D eigenvalue weighted by Crippen LogP contribution is -2.40. The van der Waals surface area contributed by atoms with Crippen LogP contribution in [-0.2, 0) is 4.79 Å². The summed E-state index contributed by atoms with van der Waals surface area (Å²) in [4.78, 5) is 14.0. The topological polar surface area (TPSA) is 29.5 Å². The second kappa shape index (κ2) is 6.71.